The number of hydrogen-bond acceptors (Lipinski definition) is 2. The zero-order valence-electron chi connectivity index (χ0n) is 7.93. The maximum Gasteiger partial charge on any atom is 0.237 e. The van der Waals surface area contributed by atoms with Crippen LogP contribution in [0.4, 0.5) is 5.69 Å². The second-order valence-electron chi connectivity index (χ2n) is 3.37. The molecule has 0 radical (unpaired) electrons. The number of halogens is 1. The van der Waals surface area contributed by atoms with Crippen LogP contribution in [0, 0.1) is 6.92 Å². The molecule has 2 nitrogen and oxygen atoms in total. The molecule has 74 valence electrons. The van der Waals surface area contributed by atoms with E-state index in [0.717, 1.165) is 16.1 Å². The van der Waals surface area contributed by atoms with Gasteiger partial charge in [-0.15, -0.1) is 11.8 Å². The molecule has 0 bridgehead atoms. The van der Waals surface area contributed by atoms with Crippen molar-refractivity contribution in [2.24, 2.45) is 0 Å². The molecule has 1 aliphatic heterocycles. The highest BCUT2D eigenvalue weighted by Crippen LogP contribution is 2.40. The van der Waals surface area contributed by atoms with E-state index in [4.69, 9.17) is 11.6 Å². The minimum absolute atomic E-state index is 0.0215. The van der Waals surface area contributed by atoms with Gasteiger partial charge in [-0.3, -0.25) is 4.79 Å². The van der Waals surface area contributed by atoms with E-state index in [-0.39, 0.29) is 11.2 Å². The van der Waals surface area contributed by atoms with Gasteiger partial charge in [0.2, 0.25) is 5.91 Å². The Morgan fingerprint density at radius 2 is 2.21 bits per heavy atom. The summed E-state index contributed by atoms with van der Waals surface area (Å²) in [6.07, 6.45) is 0. The molecule has 14 heavy (non-hydrogen) atoms. The van der Waals surface area contributed by atoms with Gasteiger partial charge in [0.15, 0.2) is 0 Å². The van der Waals surface area contributed by atoms with E-state index < -0.39 is 0 Å². The van der Waals surface area contributed by atoms with Gasteiger partial charge in [0.1, 0.15) is 0 Å². The van der Waals surface area contributed by atoms with Crippen LogP contribution in [0.5, 0.6) is 0 Å². The Morgan fingerprint density at radius 3 is 2.93 bits per heavy atom. The second-order valence-corrected chi connectivity index (χ2v) is 5.16. The monoisotopic (exact) mass is 227 g/mol. The Labute approximate surface area is 92.0 Å². The van der Waals surface area contributed by atoms with Crippen LogP contribution in [-0.2, 0) is 4.79 Å². The number of amides is 1. The molecule has 4 heteroatoms. The molecular formula is C10H10ClNOS. The van der Waals surface area contributed by atoms with Gasteiger partial charge in [0.05, 0.1) is 16.0 Å². The van der Waals surface area contributed by atoms with Crippen LogP contribution >= 0.6 is 23.4 Å². The fourth-order valence-electron chi connectivity index (χ4n) is 1.39. The minimum Gasteiger partial charge on any atom is -0.323 e. The van der Waals surface area contributed by atoms with Gasteiger partial charge in [0, 0.05) is 4.90 Å². The third kappa shape index (κ3) is 1.62. The third-order valence-electron chi connectivity index (χ3n) is 2.12. The zero-order valence-corrected chi connectivity index (χ0v) is 9.50. The van der Waals surface area contributed by atoms with Crippen LogP contribution in [0.25, 0.3) is 0 Å². The summed E-state index contributed by atoms with van der Waals surface area (Å²) in [7, 11) is 0. The highest BCUT2D eigenvalue weighted by molar-refractivity contribution is 8.01. The summed E-state index contributed by atoms with van der Waals surface area (Å²) < 4.78 is 0. The molecule has 0 aromatic heterocycles. The summed E-state index contributed by atoms with van der Waals surface area (Å²) in [4.78, 5) is 12.5. The van der Waals surface area contributed by atoms with E-state index in [0.29, 0.717) is 5.02 Å². The van der Waals surface area contributed by atoms with Crippen molar-refractivity contribution in [2.45, 2.75) is 24.0 Å². The van der Waals surface area contributed by atoms with Gasteiger partial charge in [-0.2, -0.15) is 0 Å². The molecule has 1 amide bonds. The van der Waals surface area contributed by atoms with Gasteiger partial charge in [0.25, 0.3) is 0 Å². The van der Waals surface area contributed by atoms with Crippen LogP contribution in [0.3, 0.4) is 0 Å². The van der Waals surface area contributed by atoms with Crippen LogP contribution in [0.1, 0.15) is 12.5 Å². The van der Waals surface area contributed by atoms with E-state index in [9.17, 15) is 4.79 Å². The number of anilines is 1. The lowest BCUT2D eigenvalue weighted by molar-refractivity contribution is -0.115. The quantitative estimate of drug-likeness (QED) is 0.738. The number of thioether (sulfide) groups is 1. The molecule has 0 saturated carbocycles. The molecule has 0 saturated heterocycles. The van der Waals surface area contributed by atoms with Crippen molar-refractivity contribution in [3.05, 3.63) is 22.7 Å². The number of fused-ring (bicyclic) bond motifs is 1. The lowest BCUT2D eigenvalue weighted by Crippen LogP contribution is -2.26. The van der Waals surface area contributed by atoms with Crippen LogP contribution in [-0.4, -0.2) is 11.2 Å². The molecule has 2 rings (SSSR count). The van der Waals surface area contributed by atoms with Gasteiger partial charge < -0.3 is 5.32 Å². The highest BCUT2D eigenvalue weighted by Gasteiger charge is 2.24. The molecule has 0 aliphatic carbocycles. The summed E-state index contributed by atoms with van der Waals surface area (Å²) >= 11 is 7.58. The molecule has 1 atom stereocenters. The summed E-state index contributed by atoms with van der Waals surface area (Å²) in [5, 5.41) is 3.39. The minimum atomic E-state index is -0.0413. The Morgan fingerprint density at radius 1 is 1.50 bits per heavy atom. The third-order valence-corrected chi connectivity index (χ3v) is 3.56. The first-order valence-electron chi connectivity index (χ1n) is 4.35. The molecule has 0 spiro atoms. The Hall–Kier alpha value is -0.670. The second kappa shape index (κ2) is 3.48. The van der Waals surface area contributed by atoms with Gasteiger partial charge in [-0.25, -0.2) is 0 Å². The first kappa shape index (κ1) is 9.87. The van der Waals surface area contributed by atoms with Crippen molar-refractivity contribution in [3.63, 3.8) is 0 Å². The predicted octanol–water partition coefficient (Wildman–Crippen LogP) is 3.08. The standard InChI is InChI=1S/C10H10ClNOS/c1-5-3-7(11)9-8(4-5)14-6(2)10(13)12-9/h3-4,6H,1-2H3,(H,12,13). The number of nitrogens with one attached hydrogen (secondary N) is 1. The molecular weight excluding hydrogens is 218 g/mol. The van der Waals surface area contributed by atoms with E-state index in [1.54, 1.807) is 11.8 Å². The average Bonchev–Trinajstić information content (AvgIpc) is 2.08. The van der Waals surface area contributed by atoms with Crippen molar-refractivity contribution in [1.82, 2.24) is 0 Å². The number of benzene rings is 1. The predicted molar refractivity (Wildman–Crippen MR) is 60.1 cm³/mol. The van der Waals surface area contributed by atoms with Crippen LogP contribution < -0.4 is 5.32 Å². The van der Waals surface area contributed by atoms with Crippen molar-refractivity contribution < 1.29 is 4.79 Å². The van der Waals surface area contributed by atoms with Crippen molar-refractivity contribution >= 4 is 35.0 Å². The number of carbonyl (C=O) groups is 1. The van der Waals surface area contributed by atoms with E-state index in [1.165, 1.54) is 0 Å². The molecule has 0 fully saturated rings. The van der Waals surface area contributed by atoms with Crippen LogP contribution in [0.2, 0.25) is 5.02 Å². The first-order valence-corrected chi connectivity index (χ1v) is 5.61. The van der Waals surface area contributed by atoms with E-state index in [1.807, 2.05) is 26.0 Å². The fourth-order valence-corrected chi connectivity index (χ4v) is 2.85. The zero-order chi connectivity index (χ0) is 10.3. The number of carbonyl (C=O) groups excluding carboxylic acids is 1. The molecule has 1 aromatic carbocycles. The van der Waals surface area contributed by atoms with Crippen molar-refractivity contribution in [3.8, 4) is 0 Å². The highest BCUT2D eigenvalue weighted by atomic mass is 35.5. The van der Waals surface area contributed by atoms with Gasteiger partial charge in [-0.05, 0) is 31.5 Å². The fraction of sp³-hybridized carbons (Fsp3) is 0.300. The summed E-state index contributed by atoms with van der Waals surface area (Å²) in [6.45, 7) is 3.88. The Bertz CT molecular complexity index is 405. The topological polar surface area (TPSA) is 29.1 Å². The normalized spacial score (nSPS) is 20.2. The van der Waals surface area contributed by atoms with Gasteiger partial charge >= 0.3 is 0 Å². The lowest BCUT2D eigenvalue weighted by atomic mass is 10.2. The number of rotatable bonds is 0. The van der Waals surface area contributed by atoms with Crippen molar-refractivity contribution in [1.29, 1.82) is 0 Å². The number of hydrogen-bond donors (Lipinski definition) is 1. The van der Waals surface area contributed by atoms with E-state index in [2.05, 4.69) is 5.32 Å². The van der Waals surface area contributed by atoms with Crippen LogP contribution in [0.15, 0.2) is 17.0 Å². The summed E-state index contributed by atoms with van der Waals surface area (Å²) in [5.41, 5.74) is 1.87. The Balaban J connectivity index is 2.51. The largest absolute Gasteiger partial charge is 0.323 e. The Kier molecular flexibility index (Phi) is 2.45. The molecule has 1 unspecified atom stereocenters. The van der Waals surface area contributed by atoms with E-state index >= 15 is 0 Å². The summed E-state index contributed by atoms with van der Waals surface area (Å²) in [6, 6.07) is 3.90. The number of aryl methyl sites for hydroxylation is 1. The molecule has 1 N–H and O–H groups in total. The lowest BCUT2D eigenvalue weighted by Gasteiger charge is -2.22. The average molecular weight is 228 g/mol. The van der Waals surface area contributed by atoms with Gasteiger partial charge in [-0.1, -0.05) is 11.6 Å². The molecule has 1 heterocycles. The van der Waals surface area contributed by atoms with Crippen molar-refractivity contribution in [2.75, 3.05) is 5.32 Å². The molecule has 1 aliphatic rings. The summed E-state index contributed by atoms with van der Waals surface area (Å²) in [5.74, 6) is 0.0215. The maximum atomic E-state index is 11.4. The maximum absolute atomic E-state index is 11.4. The SMILES string of the molecule is Cc1cc(Cl)c2c(c1)SC(C)C(=O)N2. The molecule has 1 aromatic rings. The first-order chi connectivity index (χ1) is 6.58. The smallest absolute Gasteiger partial charge is 0.237 e.